The summed E-state index contributed by atoms with van der Waals surface area (Å²) in [6.07, 6.45) is 14.6. The van der Waals surface area contributed by atoms with Gasteiger partial charge in [-0.1, -0.05) is 307 Å². The Bertz CT molecular complexity index is 6670. The summed E-state index contributed by atoms with van der Waals surface area (Å²) >= 11 is 0. The van der Waals surface area contributed by atoms with Crippen molar-refractivity contribution in [3.63, 3.8) is 0 Å². The number of pyridine rings is 4. The molecule has 0 N–H and O–H groups in total. The second-order valence-corrected chi connectivity index (χ2v) is 31.2. The standard InChI is InChI=1S/2C42H28N6.C30H26/c1-5-13-31(14-6-1)37-43-38(32-15-7-2-8-16-32)46-41(45-37)35-25-21-29(22-26-35)30-23-27-36(28-24-30)42-47-39(33-17-9-3-10-18-33)44-40(48-42)34-19-11-4-12-20-34;1-2-4-33(5-3-1)42-47-40(38-24-34(29-6-14-43-15-7-29)22-35(25-38)30-8-16-44-17-9-30)28-41(48-42)39-26-36(31-10-18-45-19-11-31)23-37(27-39)32-12-20-46-21-13-32;1-19-13-20(2)16-23(15-19)29-25-9-5-7-11-27(25)30(28-12-8-6-10-26(28)29)24-17-21(3)14-22(4)18-24/h2*1-28H;5-18H,1-4H3. The van der Waals surface area contributed by atoms with E-state index in [1.54, 1.807) is 0 Å². The van der Waals surface area contributed by atoms with E-state index in [0.29, 0.717) is 40.8 Å². The molecule has 0 spiro atoms. The fourth-order valence-electron chi connectivity index (χ4n) is 16.3. The predicted molar refractivity (Wildman–Crippen MR) is 514 cm³/mol. The molecule has 21 aromatic rings. The van der Waals surface area contributed by atoms with Gasteiger partial charge in [0.2, 0.25) is 0 Å². The maximum atomic E-state index is 5.18. The molecular formula is C114H82N12. The summed E-state index contributed by atoms with van der Waals surface area (Å²) in [5, 5.41) is 5.26. The van der Waals surface area contributed by atoms with Gasteiger partial charge in [-0.05, 0) is 218 Å². The van der Waals surface area contributed by atoms with Crippen molar-refractivity contribution >= 4 is 21.5 Å². The lowest BCUT2D eigenvalue weighted by Crippen LogP contribution is -2.00. The summed E-state index contributed by atoms with van der Waals surface area (Å²) in [5.74, 6) is 4.48. The molecule has 0 aliphatic carbocycles. The number of benzene rings is 14. The molecule has 12 heteroatoms. The van der Waals surface area contributed by atoms with E-state index in [9.17, 15) is 0 Å². The summed E-state index contributed by atoms with van der Waals surface area (Å²) in [5.41, 5.74) is 31.4. The zero-order chi connectivity index (χ0) is 85.1. The second-order valence-electron chi connectivity index (χ2n) is 31.2. The van der Waals surface area contributed by atoms with Gasteiger partial charge in [0.1, 0.15) is 0 Å². The molecule has 0 radical (unpaired) electrons. The first kappa shape index (κ1) is 79.1. The summed E-state index contributed by atoms with van der Waals surface area (Å²) in [6.45, 7) is 8.74. The Balaban J connectivity index is 0.000000127. The lowest BCUT2D eigenvalue weighted by Gasteiger charge is -2.19. The normalized spacial score (nSPS) is 11.0. The third-order valence-corrected chi connectivity index (χ3v) is 22.2. The maximum absolute atomic E-state index is 5.18. The Kier molecular flexibility index (Phi) is 22.8. The third kappa shape index (κ3) is 17.8. The van der Waals surface area contributed by atoms with Crippen molar-refractivity contribution in [2.24, 2.45) is 0 Å². The van der Waals surface area contributed by atoms with Gasteiger partial charge in [-0.2, -0.15) is 0 Å². The molecule has 21 rings (SSSR count). The van der Waals surface area contributed by atoms with Crippen LogP contribution in [0.15, 0.2) is 426 Å². The molecule has 126 heavy (non-hydrogen) atoms. The smallest absolute Gasteiger partial charge is 0.164 e. The second kappa shape index (κ2) is 36.3. The van der Waals surface area contributed by atoms with Crippen molar-refractivity contribution in [1.29, 1.82) is 0 Å². The minimum Gasteiger partial charge on any atom is -0.265 e. The predicted octanol–water partition coefficient (Wildman–Crippen LogP) is 28.0. The molecule has 0 atom stereocenters. The van der Waals surface area contributed by atoms with E-state index in [-0.39, 0.29) is 0 Å². The Morgan fingerprint density at radius 2 is 0.325 bits per heavy atom. The van der Waals surface area contributed by atoms with Crippen LogP contribution >= 0.6 is 0 Å². The van der Waals surface area contributed by atoms with Crippen molar-refractivity contribution in [2.75, 3.05) is 0 Å². The topological polar surface area (TPSA) is 155 Å². The lowest BCUT2D eigenvalue weighted by atomic mass is 9.85. The number of aryl methyl sites for hydroxylation is 4. The number of nitrogens with zero attached hydrogens (tertiary/aromatic N) is 12. The van der Waals surface area contributed by atoms with Crippen LogP contribution in [0.25, 0.3) is 202 Å². The van der Waals surface area contributed by atoms with Gasteiger partial charge in [-0.15, -0.1) is 0 Å². The van der Waals surface area contributed by atoms with Gasteiger partial charge in [0.25, 0.3) is 0 Å². The van der Waals surface area contributed by atoms with Crippen molar-refractivity contribution in [3.05, 3.63) is 448 Å². The van der Waals surface area contributed by atoms with Gasteiger partial charge in [0.05, 0.1) is 11.4 Å². The number of hydrogen-bond donors (Lipinski definition) is 0. The Hall–Kier alpha value is -16.7. The Labute approximate surface area is 732 Å². The monoisotopic (exact) mass is 1620 g/mol. The lowest BCUT2D eigenvalue weighted by molar-refractivity contribution is 1.07. The molecule has 0 bridgehead atoms. The summed E-state index contributed by atoms with van der Waals surface area (Å²) < 4.78 is 0. The summed E-state index contributed by atoms with van der Waals surface area (Å²) in [6, 6.07) is 130. The molecule has 7 aromatic heterocycles. The van der Waals surface area contributed by atoms with Crippen LogP contribution in [-0.4, -0.2) is 59.8 Å². The van der Waals surface area contributed by atoms with E-state index in [0.717, 1.165) is 117 Å². The molecule has 0 fully saturated rings. The number of rotatable bonds is 16. The maximum Gasteiger partial charge on any atom is 0.164 e. The Morgan fingerprint density at radius 1 is 0.135 bits per heavy atom. The summed E-state index contributed by atoms with van der Waals surface area (Å²) in [4.78, 5) is 56.4. The van der Waals surface area contributed by atoms with Crippen LogP contribution in [0.3, 0.4) is 0 Å². The van der Waals surface area contributed by atoms with Crippen LogP contribution < -0.4 is 0 Å². The molecule has 0 saturated carbocycles. The molecule has 0 amide bonds. The van der Waals surface area contributed by atoms with E-state index in [1.807, 2.05) is 238 Å². The van der Waals surface area contributed by atoms with Crippen LogP contribution in [0.4, 0.5) is 0 Å². The molecule has 0 unspecified atom stereocenters. The number of aromatic nitrogens is 12. The molecule has 7 heterocycles. The SMILES string of the molecule is Cc1cc(C)cc(-c2c3ccccc3c(-c3cc(C)cc(C)c3)c3ccccc23)c1.c1ccc(-c2nc(-c3cc(-c4ccncc4)cc(-c4ccncc4)c3)cc(-c3cc(-c4ccncc4)cc(-c4ccncc4)c3)n2)cc1.c1ccc(-c2nc(-c3ccccc3)nc(-c3ccc(-c4ccc(-c5nc(-c6ccccc6)nc(-c6ccccc6)n5)cc4)cc3)n2)cc1. The molecule has 14 aromatic carbocycles. The Morgan fingerprint density at radius 3 is 0.563 bits per heavy atom. The van der Waals surface area contributed by atoms with E-state index in [2.05, 4.69) is 236 Å². The minimum absolute atomic E-state index is 0.628. The van der Waals surface area contributed by atoms with Crippen LogP contribution in [-0.2, 0) is 0 Å². The van der Waals surface area contributed by atoms with Crippen molar-refractivity contribution in [3.8, 4) is 180 Å². The molecular weight excluding hydrogens is 1540 g/mol. The van der Waals surface area contributed by atoms with Gasteiger partial charge >= 0.3 is 0 Å². The highest BCUT2D eigenvalue weighted by atomic mass is 15.0. The highest BCUT2D eigenvalue weighted by Crippen LogP contribution is 2.46. The summed E-state index contributed by atoms with van der Waals surface area (Å²) in [7, 11) is 0. The van der Waals surface area contributed by atoms with Gasteiger partial charge in [0.15, 0.2) is 40.8 Å². The quantitative estimate of drug-likeness (QED) is 0.0846. The first-order valence-electron chi connectivity index (χ1n) is 42.0. The van der Waals surface area contributed by atoms with Gasteiger partial charge in [-0.25, -0.2) is 39.9 Å². The van der Waals surface area contributed by atoms with Gasteiger partial charge in [-0.3, -0.25) is 19.9 Å². The fraction of sp³-hybridized carbons (Fsp3) is 0.0351. The van der Waals surface area contributed by atoms with Crippen LogP contribution in [0.1, 0.15) is 22.3 Å². The highest BCUT2D eigenvalue weighted by molar-refractivity contribution is 6.21. The van der Waals surface area contributed by atoms with E-state index in [1.165, 1.54) is 66.1 Å². The molecule has 0 aliphatic heterocycles. The van der Waals surface area contributed by atoms with Gasteiger partial charge in [0, 0.05) is 99.6 Å². The molecule has 12 nitrogen and oxygen atoms in total. The molecule has 598 valence electrons. The third-order valence-electron chi connectivity index (χ3n) is 22.2. The van der Waals surface area contributed by atoms with Crippen molar-refractivity contribution < 1.29 is 0 Å². The van der Waals surface area contributed by atoms with E-state index in [4.69, 9.17) is 39.9 Å². The van der Waals surface area contributed by atoms with Crippen LogP contribution in [0.2, 0.25) is 0 Å². The fourth-order valence-corrected chi connectivity index (χ4v) is 16.3. The average Bonchev–Trinajstić information content (AvgIpc) is 0.731. The molecule has 0 saturated heterocycles. The highest BCUT2D eigenvalue weighted by Gasteiger charge is 2.22. The zero-order valence-electron chi connectivity index (χ0n) is 69.8. The van der Waals surface area contributed by atoms with E-state index >= 15 is 0 Å². The number of hydrogen-bond acceptors (Lipinski definition) is 12. The molecule has 0 aliphatic rings. The van der Waals surface area contributed by atoms with Crippen molar-refractivity contribution in [1.82, 2.24) is 59.8 Å². The average molecular weight is 1620 g/mol. The van der Waals surface area contributed by atoms with Gasteiger partial charge < -0.3 is 0 Å². The first-order chi connectivity index (χ1) is 62.0. The number of fused-ring (bicyclic) bond motifs is 2. The van der Waals surface area contributed by atoms with Crippen molar-refractivity contribution in [2.45, 2.75) is 27.7 Å². The largest absolute Gasteiger partial charge is 0.265 e. The van der Waals surface area contributed by atoms with Crippen LogP contribution in [0.5, 0.6) is 0 Å². The first-order valence-corrected chi connectivity index (χ1v) is 42.0. The zero-order valence-corrected chi connectivity index (χ0v) is 69.8. The van der Waals surface area contributed by atoms with Crippen LogP contribution in [0, 0.1) is 27.7 Å². The van der Waals surface area contributed by atoms with E-state index < -0.39 is 0 Å². The minimum atomic E-state index is 0.628.